The highest BCUT2D eigenvalue weighted by Crippen LogP contribution is 2.64. The van der Waals surface area contributed by atoms with Gasteiger partial charge in [-0.3, -0.25) is 14.2 Å². The molecule has 0 saturated heterocycles. The number of hydrogen-bond acceptors (Lipinski definition) is 5. The fraction of sp³-hybridized carbons (Fsp3) is 0.407. The average molecular weight is 526 g/mol. The van der Waals surface area contributed by atoms with E-state index in [0.29, 0.717) is 27.8 Å². The Labute approximate surface area is 218 Å². The van der Waals surface area contributed by atoms with Gasteiger partial charge in [-0.05, 0) is 79.0 Å². The second-order valence-electron chi connectivity index (χ2n) is 10.1. The van der Waals surface area contributed by atoms with Crippen molar-refractivity contribution in [2.45, 2.75) is 42.0 Å². The molecule has 1 aliphatic heterocycles. The number of fused-ring (bicyclic) bond motifs is 6. The fourth-order valence-electron chi connectivity index (χ4n) is 6.32. The first-order valence-corrected chi connectivity index (χ1v) is 14.2. The lowest BCUT2D eigenvalue weighted by Crippen LogP contribution is -2.34. The van der Waals surface area contributed by atoms with Gasteiger partial charge in [0.2, 0.25) is 5.91 Å². The summed E-state index contributed by atoms with van der Waals surface area (Å²) in [5.74, 6) is 2.02. The smallest absolute Gasteiger partial charge is 0.308 e. The molecule has 1 aromatic heterocycles. The lowest BCUT2D eigenvalue weighted by Gasteiger charge is -2.40. The first-order valence-electron chi connectivity index (χ1n) is 12.1. The van der Waals surface area contributed by atoms with E-state index in [1.54, 1.807) is 28.8 Å². The highest BCUT2D eigenvalue weighted by Gasteiger charge is 2.55. The van der Waals surface area contributed by atoms with Gasteiger partial charge in [-0.15, -0.1) is 11.8 Å². The summed E-state index contributed by atoms with van der Waals surface area (Å²) in [6.07, 6.45) is 3.88. The number of aromatic nitrogens is 1. The molecule has 5 nitrogen and oxygen atoms in total. The minimum absolute atomic E-state index is 0.0259. The van der Waals surface area contributed by atoms with Crippen molar-refractivity contribution in [3.05, 3.63) is 73.7 Å². The van der Waals surface area contributed by atoms with E-state index in [4.69, 9.17) is 11.6 Å². The Kier molecular flexibility index (Phi) is 5.98. The second kappa shape index (κ2) is 9.02. The highest BCUT2D eigenvalue weighted by atomic mass is 35.5. The van der Waals surface area contributed by atoms with Gasteiger partial charge in [0.05, 0.1) is 5.03 Å². The van der Waals surface area contributed by atoms with E-state index in [-0.39, 0.29) is 23.2 Å². The molecular weight excluding hydrogens is 498 g/mol. The minimum Gasteiger partial charge on any atom is -0.378 e. The molecule has 35 heavy (non-hydrogen) atoms. The molecule has 3 aliphatic rings. The molecule has 3 aromatic rings. The molecule has 2 aliphatic carbocycles. The summed E-state index contributed by atoms with van der Waals surface area (Å²) in [4.78, 5) is 29.3. The zero-order chi connectivity index (χ0) is 24.3. The van der Waals surface area contributed by atoms with Crippen LogP contribution in [-0.2, 0) is 11.3 Å². The van der Waals surface area contributed by atoms with E-state index in [0.717, 1.165) is 15.8 Å². The standard InChI is InChI=1S/C27H28ClN3O2S2/c1-30(2)20-11-5-15(6-12-20)22-23-16-3-4-17(13-16)24(23)34-26-25(22)35-27(33)31(26)14-21(32)29-19-9-7-18(28)8-10-19/h5-12,16-17,22-24H,3-4,13-14H2,1-2H3,(H,29,32). The summed E-state index contributed by atoms with van der Waals surface area (Å²) in [5.41, 5.74) is 3.14. The predicted octanol–water partition coefficient (Wildman–Crippen LogP) is 5.92. The number of nitrogens with zero attached hydrogens (tertiary/aromatic N) is 2. The van der Waals surface area contributed by atoms with Crippen molar-refractivity contribution in [3.63, 3.8) is 0 Å². The Hall–Kier alpha value is -2.22. The van der Waals surface area contributed by atoms with Crippen molar-refractivity contribution in [2.24, 2.45) is 17.8 Å². The van der Waals surface area contributed by atoms with Crippen LogP contribution in [0.3, 0.4) is 0 Å². The van der Waals surface area contributed by atoms with Crippen LogP contribution in [0, 0.1) is 17.8 Å². The maximum Gasteiger partial charge on any atom is 0.308 e. The molecule has 5 atom stereocenters. The molecule has 0 spiro atoms. The van der Waals surface area contributed by atoms with Crippen LogP contribution in [-0.4, -0.2) is 29.8 Å². The van der Waals surface area contributed by atoms with E-state index < -0.39 is 0 Å². The predicted molar refractivity (Wildman–Crippen MR) is 145 cm³/mol. The normalized spacial score (nSPS) is 26.3. The Morgan fingerprint density at radius 1 is 1.09 bits per heavy atom. The van der Waals surface area contributed by atoms with Gasteiger partial charge in [-0.2, -0.15) is 0 Å². The number of rotatable bonds is 5. The molecule has 2 bridgehead atoms. The molecule has 6 rings (SSSR count). The quantitative estimate of drug-likeness (QED) is 0.449. The van der Waals surface area contributed by atoms with Crippen LogP contribution in [0.5, 0.6) is 0 Å². The minimum atomic E-state index is -0.197. The summed E-state index contributed by atoms with van der Waals surface area (Å²) >= 11 is 9.16. The van der Waals surface area contributed by atoms with Gasteiger partial charge < -0.3 is 10.2 Å². The van der Waals surface area contributed by atoms with Gasteiger partial charge in [-0.25, -0.2) is 0 Å². The number of carbonyl (C=O) groups excluding carboxylic acids is 1. The van der Waals surface area contributed by atoms with Gasteiger partial charge in [0.15, 0.2) is 0 Å². The Balaban J connectivity index is 1.35. The number of halogens is 1. The largest absolute Gasteiger partial charge is 0.378 e. The molecule has 182 valence electrons. The lowest BCUT2D eigenvalue weighted by molar-refractivity contribution is -0.116. The highest BCUT2D eigenvalue weighted by molar-refractivity contribution is 8.00. The van der Waals surface area contributed by atoms with Crippen LogP contribution in [0.1, 0.15) is 35.6 Å². The summed E-state index contributed by atoms with van der Waals surface area (Å²) in [5, 5.41) is 5.04. The van der Waals surface area contributed by atoms with Crippen LogP contribution < -0.4 is 15.1 Å². The van der Waals surface area contributed by atoms with Gasteiger partial charge in [-0.1, -0.05) is 35.1 Å². The molecule has 2 fully saturated rings. The maximum atomic E-state index is 13.2. The first-order chi connectivity index (χ1) is 16.9. The molecule has 2 saturated carbocycles. The van der Waals surface area contributed by atoms with Crippen molar-refractivity contribution < 1.29 is 4.79 Å². The Morgan fingerprint density at radius 3 is 2.51 bits per heavy atom. The second-order valence-corrected chi connectivity index (χ2v) is 12.7. The van der Waals surface area contributed by atoms with Crippen molar-refractivity contribution in [1.29, 1.82) is 0 Å². The van der Waals surface area contributed by atoms with E-state index >= 15 is 0 Å². The number of hydrogen-bond donors (Lipinski definition) is 1. The van der Waals surface area contributed by atoms with E-state index in [9.17, 15) is 9.59 Å². The summed E-state index contributed by atoms with van der Waals surface area (Å²) in [7, 11) is 4.11. The topological polar surface area (TPSA) is 54.3 Å². The van der Waals surface area contributed by atoms with Crippen LogP contribution in [0.4, 0.5) is 11.4 Å². The molecular formula is C27H28ClN3O2S2. The summed E-state index contributed by atoms with van der Waals surface area (Å²) in [6.45, 7) is 0.0259. The Bertz CT molecular complexity index is 1320. The van der Waals surface area contributed by atoms with E-state index in [1.807, 2.05) is 11.8 Å². The fourth-order valence-corrected chi connectivity index (χ4v) is 9.59. The molecule has 2 aromatic carbocycles. The Morgan fingerprint density at radius 2 is 1.80 bits per heavy atom. The van der Waals surface area contributed by atoms with Crippen LogP contribution in [0.2, 0.25) is 5.02 Å². The summed E-state index contributed by atoms with van der Waals surface area (Å²) < 4.78 is 1.71. The maximum absolute atomic E-state index is 13.2. The van der Waals surface area contributed by atoms with Crippen LogP contribution >= 0.6 is 34.7 Å². The van der Waals surface area contributed by atoms with Crippen molar-refractivity contribution in [1.82, 2.24) is 4.57 Å². The third kappa shape index (κ3) is 4.11. The van der Waals surface area contributed by atoms with Crippen LogP contribution in [0.25, 0.3) is 0 Å². The van der Waals surface area contributed by atoms with Gasteiger partial charge in [0, 0.05) is 46.5 Å². The number of nitrogens with one attached hydrogen (secondary N) is 1. The van der Waals surface area contributed by atoms with E-state index in [2.05, 4.69) is 48.6 Å². The van der Waals surface area contributed by atoms with Gasteiger partial charge >= 0.3 is 4.87 Å². The molecule has 1 N–H and O–H groups in total. The first kappa shape index (κ1) is 23.2. The molecule has 1 amide bonds. The number of benzene rings is 2. The number of carbonyl (C=O) groups is 1. The zero-order valence-electron chi connectivity index (χ0n) is 19.7. The van der Waals surface area contributed by atoms with Crippen molar-refractivity contribution in [3.8, 4) is 0 Å². The molecule has 2 heterocycles. The average Bonchev–Trinajstić information content (AvgIpc) is 3.54. The van der Waals surface area contributed by atoms with Crippen LogP contribution in [0.15, 0.2) is 58.4 Å². The van der Waals surface area contributed by atoms with Crippen molar-refractivity contribution >= 4 is 52.0 Å². The van der Waals surface area contributed by atoms with Gasteiger partial charge in [0.25, 0.3) is 0 Å². The van der Waals surface area contributed by atoms with Crippen molar-refractivity contribution in [2.75, 3.05) is 24.3 Å². The molecule has 0 radical (unpaired) electrons. The van der Waals surface area contributed by atoms with E-state index in [1.165, 1.54) is 41.9 Å². The van der Waals surface area contributed by atoms with Gasteiger partial charge in [0.1, 0.15) is 6.54 Å². The third-order valence-corrected chi connectivity index (χ3v) is 11.0. The number of anilines is 2. The monoisotopic (exact) mass is 525 g/mol. The number of thiazole rings is 1. The SMILES string of the molecule is CN(C)c1ccc(C2c3sc(=O)n(CC(=O)Nc4ccc(Cl)cc4)c3SC3C4CCC(C4)C23)cc1. The third-order valence-electron chi connectivity index (χ3n) is 7.89. The zero-order valence-corrected chi connectivity index (χ0v) is 22.1. The molecule has 8 heteroatoms. The number of thioether (sulfide) groups is 1. The molecule has 5 unspecified atom stereocenters. The lowest BCUT2D eigenvalue weighted by atomic mass is 9.75. The summed E-state index contributed by atoms with van der Waals surface area (Å²) in [6, 6.07) is 15.9. The number of amides is 1.